The maximum Gasteiger partial charge on any atom is 0.244 e. The van der Waals surface area contributed by atoms with Gasteiger partial charge in [-0.3, -0.25) is 9.88 Å². The van der Waals surface area contributed by atoms with E-state index in [0.717, 1.165) is 45.0 Å². The molecule has 2 aromatic rings. The van der Waals surface area contributed by atoms with Gasteiger partial charge in [-0.2, -0.15) is 10.1 Å². The molecule has 0 bridgehead atoms. The molecule has 0 aromatic carbocycles. The molecule has 0 saturated carbocycles. The van der Waals surface area contributed by atoms with E-state index < -0.39 is 0 Å². The van der Waals surface area contributed by atoms with Gasteiger partial charge in [0.1, 0.15) is 0 Å². The fraction of sp³-hybridized carbons (Fsp3) is 0.467. The van der Waals surface area contributed by atoms with Gasteiger partial charge < -0.3 is 15.4 Å². The van der Waals surface area contributed by atoms with Crippen LogP contribution in [0.2, 0.25) is 0 Å². The third kappa shape index (κ3) is 5.11. The number of aromatic nitrogens is 4. The molecule has 0 aliphatic carbocycles. The molecule has 1 fully saturated rings. The maximum absolute atomic E-state index is 5.33. The van der Waals surface area contributed by atoms with Crippen molar-refractivity contribution >= 4 is 11.8 Å². The lowest BCUT2D eigenvalue weighted by Crippen LogP contribution is -2.39. The van der Waals surface area contributed by atoms with Crippen LogP contribution >= 0.6 is 0 Å². The Balaban J connectivity index is 1.45. The summed E-state index contributed by atoms with van der Waals surface area (Å²) in [6.07, 6.45) is 5.16. The van der Waals surface area contributed by atoms with E-state index in [1.165, 1.54) is 0 Å². The summed E-state index contributed by atoms with van der Waals surface area (Å²) in [6.45, 7) is 5.99. The molecule has 0 spiro atoms. The van der Waals surface area contributed by atoms with Crippen LogP contribution in [0, 0.1) is 0 Å². The van der Waals surface area contributed by atoms with E-state index in [-0.39, 0.29) is 0 Å². The highest BCUT2D eigenvalue weighted by Crippen LogP contribution is 2.06. The summed E-state index contributed by atoms with van der Waals surface area (Å²) < 4.78 is 5.33. The van der Waals surface area contributed by atoms with Crippen LogP contribution in [0.4, 0.5) is 11.8 Å². The Kier molecular flexibility index (Phi) is 5.65. The number of nitrogens with zero attached hydrogens (tertiary/aromatic N) is 5. The molecule has 3 heterocycles. The number of morpholine rings is 1. The van der Waals surface area contributed by atoms with Crippen LogP contribution in [-0.4, -0.2) is 64.5 Å². The highest BCUT2D eigenvalue weighted by molar-refractivity contribution is 5.37. The highest BCUT2D eigenvalue weighted by atomic mass is 16.5. The average molecular weight is 315 g/mol. The molecule has 2 N–H and O–H groups in total. The lowest BCUT2D eigenvalue weighted by Gasteiger charge is -2.26. The molecular formula is C15H21N7O. The third-order valence-corrected chi connectivity index (χ3v) is 3.60. The summed E-state index contributed by atoms with van der Waals surface area (Å²) >= 11 is 0. The molecule has 0 radical (unpaired) electrons. The van der Waals surface area contributed by atoms with Crippen molar-refractivity contribution in [3.63, 3.8) is 0 Å². The molecule has 1 saturated heterocycles. The number of hydrogen-bond acceptors (Lipinski definition) is 8. The number of hydrogen-bond donors (Lipinski definition) is 2. The molecular weight excluding hydrogens is 294 g/mol. The second-order valence-electron chi connectivity index (χ2n) is 5.26. The third-order valence-electron chi connectivity index (χ3n) is 3.60. The molecule has 122 valence electrons. The zero-order valence-corrected chi connectivity index (χ0v) is 13.0. The Labute approximate surface area is 135 Å². The molecule has 0 amide bonds. The van der Waals surface area contributed by atoms with Gasteiger partial charge in [-0.25, -0.2) is 0 Å². The number of nitrogens with one attached hydrogen (secondary N) is 2. The lowest BCUT2D eigenvalue weighted by atomic mass is 10.3. The molecule has 0 unspecified atom stereocenters. The first-order chi connectivity index (χ1) is 11.4. The Morgan fingerprint density at radius 1 is 1.13 bits per heavy atom. The van der Waals surface area contributed by atoms with Crippen molar-refractivity contribution in [2.24, 2.45) is 0 Å². The van der Waals surface area contributed by atoms with E-state index >= 15 is 0 Å². The van der Waals surface area contributed by atoms with E-state index in [0.29, 0.717) is 18.3 Å². The first-order valence-electron chi connectivity index (χ1n) is 7.76. The topological polar surface area (TPSA) is 88.1 Å². The number of anilines is 2. The molecule has 8 heteroatoms. The first-order valence-corrected chi connectivity index (χ1v) is 7.76. The second kappa shape index (κ2) is 8.35. The quantitative estimate of drug-likeness (QED) is 0.769. The SMILES string of the molecule is c1cc(CNc2cnnc(NCCN3CCOCC3)n2)ccn1. The molecule has 23 heavy (non-hydrogen) atoms. The second-order valence-corrected chi connectivity index (χ2v) is 5.26. The average Bonchev–Trinajstić information content (AvgIpc) is 2.62. The first kappa shape index (κ1) is 15.6. The fourth-order valence-electron chi connectivity index (χ4n) is 2.31. The number of pyridine rings is 1. The van der Waals surface area contributed by atoms with Crippen molar-refractivity contribution in [2.45, 2.75) is 6.54 Å². The lowest BCUT2D eigenvalue weighted by molar-refractivity contribution is 0.0398. The summed E-state index contributed by atoms with van der Waals surface area (Å²) in [4.78, 5) is 10.8. The van der Waals surface area contributed by atoms with Gasteiger partial charge in [0.25, 0.3) is 0 Å². The minimum absolute atomic E-state index is 0.540. The van der Waals surface area contributed by atoms with Gasteiger partial charge in [0.15, 0.2) is 5.82 Å². The molecule has 2 aromatic heterocycles. The molecule has 8 nitrogen and oxygen atoms in total. The van der Waals surface area contributed by atoms with Crippen molar-refractivity contribution in [3.05, 3.63) is 36.3 Å². The van der Waals surface area contributed by atoms with Crippen molar-refractivity contribution in [1.29, 1.82) is 0 Å². The van der Waals surface area contributed by atoms with Gasteiger partial charge in [-0.1, -0.05) is 0 Å². The fourth-order valence-corrected chi connectivity index (χ4v) is 2.31. The Morgan fingerprint density at radius 2 is 1.96 bits per heavy atom. The normalized spacial score (nSPS) is 15.3. The monoisotopic (exact) mass is 315 g/mol. The minimum Gasteiger partial charge on any atom is -0.379 e. The Morgan fingerprint density at radius 3 is 2.78 bits per heavy atom. The number of ether oxygens (including phenoxy) is 1. The minimum atomic E-state index is 0.540. The van der Waals surface area contributed by atoms with Gasteiger partial charge in [0.2, 0.25) is 5.95 Å². The zero-order chi connectivity index (χ0) is 15.7. The summed E-state index contributed by atoms with van der Waals surface area (Å²) in [5.41, 5.74) is 1.14. The zero-order valence-electron chi connectivity index (χ0n) is 13.0. The van der Waals surface area contributed by atoms with E-state index in [1.807, 2.05) is 12.1 Å². The largest absolute Gasteiger partial charge is 0.379 e. The van der Waals surface area contributed by atoms with Crippen molar-refractivity contribution in [1.82, 2.24) is 25.1 Å². The molecule has 0 atom stereocenters. The maximum atomic E-state index is 5.33. The van der Waals surface area contributed by atoms with Crippen molar-refractivity contribution < 1.29 is 4.74 Å². The van der Waals surface area contributed by atoms with Crippen LogP contribution in [-0.2, 0) is 11.3 Å². The van der Waals surface area contributed by atoms with Crippen LogP contribution in [0.1, 0.15) is 5.56 Å². The van der Waals surface area contributed by atoms with Crippen molar-refractivity contribution in [2.75, 3.05) is 50.0 Å². The summed E-state index contributed by atoms with van der Waals surface area (Å²) in [7, 11) is 0. The van der Waals surface area contributed by atoms with Crippen LogP contribution < -0.4 is 10.6 Å². The van der Waals surface area contributed by atoms with Gasteiger partial charge in [0, 0.05) is 45.1 Å². The predicted octanol–water partition coefficient (Wildman–Crippen LogP) is 0.623. The van der Waals surface area contributed by atoms with E-state index in [4.69, 9.17) is 4.74 Å². The summed E-state index contributed by atoms with van der Waals surface area (Å²) in [5.74, 6) is 1.24. The van der Waals surface area contributed by atoms with E-state index in [9.17, 15) is 0 Å². The van der Waals surface area contributed by atoms with Gasteiger partial charge >= 0.3 is 0 Å². The predicted molar refractivity (Wildman–Crippen MR) is 87.1 cm³/mol. The highest BCUT2D eigenvalue weighted by Gasteiger charge is 2.09. The van der Waals surface area contributed by atoms with Crippen LogP contribution in [0.25, 0.3) is 0 Å². The Hall–Kier alpha value is -2.32. The molecule has 1 aliphatic heterocycles. The van der Waals surface area contributed by atoms with Crippen LogP contribution in [0.15, 0.2) is 30.7 Å². The smallest absolute Gasteiger partial charge is 0.244 e. The standard InChI is InChI=1S/C15H21N7O/c1-3-16-4-2-13(1)11-18-14-12-19-21-15(20-14)17-5-6-22-7-9-23-10-8-22/h1-4,12H,5-11H2,(H2,17,18,20,21). The summed E-state index contributed by atoms with van der Waals surface area (Å²) in [5, 5.41) is 14.4. The molecule has 3 rings (SSSR count). The van der Waals surface area contributed by atoms with Crippen LogP contribution in [0.5, 0.6) is 0 Å². The van der Waals surface area contributed by atoms with E-state index in [2.05, 4.69) is 35.7 Å². The van der Waals surface area contributed by atoms with Gasteiger partial charge in [-0.05, 0) is 17.7 Å². The summed E-state index contributed by atoms with van der Waals surface area (Å²) in [6, 6.07) is 3.92. The van der Waals surface area contributed by atoms with Crippen molar-refractivity contribution in [3.8, 4) is 0 Å². The molecule has 1 aliphatic rings. The number of rotatable bonds is 7. The van der Waals surface area contributed by atoms with Crippen LogP contribution in [0.3, 0.4) is 0 Å². The Bertz CT molecular complexity index is 589. The van der Waals surface area contributed by atoms with Gasteiger partial charge in [-0.15, -0.1) is 5.10 Å². The van der Waals surface area contributed by atoms with E-state index in [1.54, 1.807) is 18.6 Å². The van der Waals surface area contributed by atoms with Gasteiger partial charge in [0.05, 0.1) is 19.4 Å².